The molecular formula is C24H22N4O2S. The Balaban J connectivity index is 1.40. The van der Waals surface area contributed by atoms with Crippen LogP contribution in [0.2, 0.25) is 0 Å². The van der Waals surface area contributed by atoms with Crippen molar-refractivity contribution in [3.63, 3.8) is 0 Å². The molecule has 1 heterocycles. The molecule has 7 heteroatoms. The molecule has 4 aromatic rings. The van der Waals surface area contributed by atoms with Gasteiger partial charge in [-0.1, -0.05) is 6.07 Å². The number of nitrogens with one attached hydrogen (secondary N) is 2. The van der Waals surface area contributed by atoms with Gasteiger partial charge in [0.1, 0.15) is 5.01 Å². The van der Waals surface area contributed by atoms with Crippen molar-refractivity contribution >= 4 is 50.4 Å². The minimum absolute atomic E-state index is 0.545. The minimum Gasteiger partial charge on any atom is -0.378 e. The van der Waals surface area contributed by atoms with Crippen LogP contribution in [0.5, 0.6) is 0 Å². The summed E-state index contributed by atoms with van der Waals surface area (Å²) in [5.74, 6) is -1.44. The monoisotopic (exact) mass is 430 g/mol. The lowest BCUT2D eigenvalue weighted by Crippen LogP contribution is -2.29. The van der Waals surface area contributed by atoms with Gasteiger partial charge in [-0.2, -0.15) is 0 Å². The fourth-order valence-electron chi connectivity index (χ4n) is 3.07. The first kappa shape index (κ1) is 20.6. The molecule has 0 bridgehead atoms. The SMILES string of the molecule is Cc1ccc2nc(-c3ccc(NC(=O)C(=O)Nc4ccc(N(C)C)cc4)cc3)sc2c1. The third-order valence-electron chi connectivity index (χ3n) is 4.78. The number of hydrogen-bond acceptors (Lipinski definition) is 5. The molecule has 0 spiro atoms. The summed E-state index contributed by atoms with van der Waals surface area (Å²) in [5, 5.41) is 6.15. The molecule has 0 radical (unpaired) electrons. The Bertz CT molecular complexity index is 1250. The number of aryl methyl sites for hydroxylation is 1. The molecule has 0 atom stereocenters. The fraction of sp³-hybridized carbons (Fsp3) is 0.125. The maximum absolute atomic E-state index is 12.3. The quantitative estimate of drug-likeness (QED) is 0.451. The Kier molecular flexibility index (Phi) is 5.68. The maximum atomic E-state index is 12.3. The van der Waals surface area contributed by atoms with Gasteiger partial charge in [-0.25, -0.2) is 4.98 Å². The summed E-state index contributed by atoms with van der Waals surface area (Å²) in [7, 11) is 3.87. The van der Waals surface area contributed by atoms with Gasteiger partial charge < -0.3 is 15.5 Å². The number of nitrogens with zero attached hydrogens (tertiary/aromatic N) is 2. The molecule has 4 rings (SSSR count). The zero-order valence-electron chi connectivity index (χ0n) is 17.5. The number of aromatic nitrogens is 1. The third-order valence-corrected chi connectivity index (χ3v) is 5.85. The van der Waals surface area contributed by atoms with Crippen molar-refractivity contribution in [2.45, 2.75) is 6.92 Å². The number of hydrogen-bond donors (Lipinski definition) is 2. The van der Waals surface area contributed by atoms with Crippen molar-refractivity contribution in [2.75, 3.05) is 29.6 Å². The van der Waals surface area contributed by atoms with Crippen LogP contribution >= 0.6 is 11.3 Å². The average molecular weight is 431 g/mol. The molecule has 0 fully saturated rings. The largest absolute Gasteiger partial charge is 0.378 e. The molecular weight excluding hydrogens is 408 g/mol. The number of thiazole rings is 1. The molecule has 0 aliphatic rings. The van der Waals surface area contributed by atoms with E-state index in [1.807, 2.05) is 55.4 Å². The number of rotatable bonds is 4. The van der Waals surface area contributed by atoms with Crippen molar-refractivity contribution in [2.24, 2.45) is 0 Å². The van der Waals surface area contributed by atoms with Crippen LogP contribution in [0.1, 0.15) is 5.56 Å². The molecule has 6 nitrogen and oxygen atoms in total. The highest BCUT2D eigenvalue weighted by molar-refractivity contribution is 7.21. The zero-order valence-corrected chi connectivity index (χ0v) is 18.3. The van der Waals surface area contributed by atoms with Crippen molar-refractivity contribution in [1.82, 2.24) is 4.98 Å². The van der Waals surface area contributed by atoms with Crippen LogP contribution in [0.15, 0.2) is 66.7 Å². The third kappa shape index (κ3) is 4.73. The van der Waals surface area contributed by atoms with E-state index in [2.05, 4.69) is 28.6 Å². The topological polar surface area (TPSA) is 74.3 Å². The van der Waals surface area contributed by atoms with Gasteiger partial charge in [-0.05, 0) is 73.2 Å². The summed E-state index contributed by atoms with van der Waals surface area (Å²) in [6.45, 7) is 2.06. The Hall–Kier alpha value is -3.71. The average Bonchev–Trinajstić information content (AvgIpc) is 3.17. The van der Waals surface area contributed by atoms with Crippen LogP contribution in [-0.4, -0.2) is 30.9 Å². The van der Waals surface area contributed by atoms with Crippen LogP contribution in [0.25, 0.3) is 20.8 Å². The van der Waals surface area contributed by atoms with Gasteiger partial charge in [0.2, 0.25) is 0 Å². The fourth-order valence-corrected chi connectivity index (χ4v) is 4.14. The Labute approximate surface area is 184 Å². The second-order valence-corrected chi connectivity index (χ2v) is 8.45. The predicted molar refractivity (Wildman–Crippen MR) is 128 cm³/mol. The molecule has 2 N–H and O–H groups in total. The molecule has 31 heavy (non-hydrogen) atoms. The second-order valence-electron chi connectivity index (χ2n) is 7.42. The minimum atomic E-state index is -0.722. The molecule has 0 saturated carbocycles. The van der Waals surface area contributed by atoms with E-state index in [-0.39, 0.29) is 0 Å². The first-order valence-electron chi connectivity index (χ1n) is 9.76. The van der Waals surface area contributed by atoms with E-state index in [1.165, 1.54) is 5.56 Å². The number of fused-ring (bicyclic) bond motifs is 1. The number of carbonyl (C=O) groups is 2. The summed E-state index contributed by atoms with van der Waals surface area (Å²) >= 11 is 1.63. The highest BCUT2D eigenvalue weighted by atomic mass is 32.1. The van der Waals surface area contributed by atoms with Crippen LogP contribution in [0.3, 0.4) is 0 Å². The van der Waals surface area contributed by atoms with Crippen LogP contribution in [-0.2, 0) is 9.59 Å². The van der Waals surface area contributed by atoms with E-state index in [0.29, 0.717) is 11.4 Å². The van der Waals surface area contributed by atoms with E-state index >= 15 is 0 Å². The molecule has 0 aliphatic carbocycles. The summed E-state index contributed by atoms with van der Waals surface area (Å²) in [5.41, 5.74) is 5.25. The van der Waals surface area contributed by atoms with Crippen molar-refractivity contribution in [3.8, 4) is 10.6 Å². The van der Waals surface area contributed by atoms with Gasteiger partial charge in [-0.15, -0.1) is 11.3 Å². The molecule has 0 aliphatic heterocycles. The Morgan fingerprint density at radius 1 is 0.839 bits per heavy atom. The van der Waals surface area contributed by atoms with E-state index in [4.69, 9.17) is 0 Å². The van der Waals surface area contributed by atoms with E-state index in [0.717, 1.165) is 26.5 Å². The first-order valence-corrected chi connectivity index (χ1v) is 10.6. The van der Waals surface area contributed by atoms with Gasteiger partial charge >= 0.3 is 11.8 Å². The summed E-state index contributed by atoms with van der Waals surface area (Å²) < 4.78 is 1.14. The standard InChI is InChI=1S/C24H22N4O2S/c1-15-4-13-20-21(14-15)31-24(27-20)16-5-7-17(8-6-16)25-22(29)23(30)26-18-9-11-19(12-10-18)28(2)3/h4-14H,1-3H3,(H,25,29)(H,26,30). The van der Waals surface area contributed by atoms with Crippen LogP contribution in [0.4, 0.5) is 17.1 Å². The molecule has 3 aromatic carbocycles. The van der Waals surface area contributed by atoms with Crippen LogP contribution in [0, 0.1) is 6.92 Å². The summed E-state index contributed by atoms with van der Waals surface area (Å²) in [4.78, 5) is 31.1. The predicted octanol–water partition coefficient (Wildman–Crippen LogP) is 4.91. The molecule has 156 valence electrons. The smallest absolute Gasteiger partial charge is 0.314 e. The van der Waals surface area contributed by atoms with Crippen LogP contribution < -0.4 is 15.5 Å². The van der Waals surface area contributed by atoms with Crippen molar-refractivity contribution < 1.29 is 9.59 Å². The summed E-state index contributed by atoms with van der Waals surface area (Å²) in [6, 6.07) is 20.8. The van der Waals surface area contributed by atoms with E-state index in [9.17, 15) is 9.59 Å². The van der Waals surface area contributed by atoms with Gasteiger partial charge in [0.25, 0.3) is 0 Å². The summed E-state index contributed by atoms with van der Waals surface area (Å²) in [6.07, 6.45) is 0. The lowest BCUT2D eigenvalue weighted by molar-refractivity contribution is -0.132. The van der Waals surface area contributed by atoms with E-state index < -0.39 is 11.8 Å². The van der Waals surface area contributed by atoms with Gasteiger partial charge in [0.05, 0.1) is 10.2 Å². The lowest BCUT2D eigenvalue weighted by atomic mass is 10.2. The van der Waals surface area contributed by atoms with E-state index in [1.54, 1.807) is 35.6 Å². The van der Waals surface area contributed by atoms with Gasteiger partial charge in [0, 0.05) is 36.7 Å². The zero-order chi connectivity index (χ0) is 22.0. The van der Waals surface area contributed by atoms with Crippen molar-refractivity contribution in [1.29, 1.82) is 0 Å². The molecule has 2 amide bonds. The van der Waals surface area contributed by atoms with Gasteiger partial charge in [-0.3, -0.25) is 9.59 Å². The lowest BCUT2D eigenvalue weighted by Gasteiger charge is -2.13. The second kappa shape index (κ2) is 8.57. The Morgan fingerprint density at radius 3 is 2.00 bits per heavy atom. The normalized spacial score (nSPS) is 10.7. The number of anilines is 3. The molecule has 0 unspecified atom stereocenters. The highest BCUT2D eigenvalue weighted by Crippen LogP contribution is 2.31. The molecule has 1 aromatic heterocycles. The first-order chi connectivity index (χ1) is 14.9. The number of amides is 2. The molecule has 0 saturated heterocycles. The number of benzene rings is 3. The Morgan fingerprint density at radius 2 is 1.42 bits per heavy atom. The number of carbonyl (C=O) groups excluding carboxylic acids is 2. The highest BCUT2D eigenvalue weighted by Gasteiger charge is 2.14. The van der Waals surface area contributed by atoms with Gasteiger partial charge in [0.15, 0.2) is 0 Å². The van der Waals surface area contributed by atoms with Crippen molar-refractivity contribution in [3.05, 3.63) is 72.3 Å². The maximum Gasteiger partial charge on any atom is 0.314 e.